The van der Waals surface area contributed by atoms with Crippen molar-refractivity contribution in [1.29, 1.82) is 0 Å². The maximum absolute atomic E-state index is 12.3. The first-order valence-electron chi connectivity index (χ1n) is 5.77. The van der Waals surface area contributed by atoms with E-state index in [4.69, 9.17) is 0 Å². The van der Waals surface area contributed by atoms with E-state index < -0.39 is 14.8 Å². The van der Waals surface area contributed by atoms with Crippen LogP contribution in [0.4, 0.5) is 0 Å². The highest BCUT2D eigenvalue weighted by molar-refractivity contribution is 7.90. The lowest BCUT2D eigenvalue weighted by Gasteiger charge is -2.22. The molecule has 2 unspecified atom stereocenters. The fourth-order valence-electron chi connectivity index (χ4n) is 1.96. The highest BCUT2D eigenvalue weighted by Crippen LogP contribution is 2.47. The molecule has 94 valence electrons. The summed E-state index contributed by atoms with van der Waals surface area (Å²) in [6, 6.07) is 9.80. The van der Waals surface area contributed by atoms with Gasteiger partial charge in [0.05, 0.1) is 10.3 Å². The first-order chi connectivity index (χ1) is 7.69. The first-order valence-corrected chi connectivity index (χ1v) is 7.21. The van der Waals surface area contributed by atoms with E-state index in [1.54, 1.807) is 25.1 Å². The molecule has 0 bridgehead atoms. The molecular weight excluding hydrogens is 234 g/mol. The van der Waals surface area contributed by atoms with Gasteiger partial charge in [-0.2, -0.15) is 4.31 Å². The van der Waals surface area contributed by atoms with Gasteiger partial charge in [-0.15, -0.1) is 0 Å². The van der Waals surface area contributed by atoms with Crippen LogP contribution in [0.25, 0.3) is 0 Å². The third-order valence-corrected chi connectivity index (χ3v) is 6.02. The zero-order valence-corrected chi connectivity index (χ0v) is 11.6. The maximum atomic E-state index is 12.3. The van der Waals surface area contributed by atoms with Crippen LogP contribution in [-0.4, -0.2) is 24.0 Å². The minimum atomic E-state index is -3.23. The van der Waals surface area contributed by atoms with Crippen molar-refractivity contribution in [3.63, 3.8) is 0 Å². The molecule has 1 aromatic rings. The van der Waals surface area contributed by atoms with Crippen LogP contribution < -0.4 is 0 Å². The molecule has 1 fully saturated rings. The quantitative estimate of drug-likeness (QED) is 0.759. The van der Waals surface area contributed by atoms with Crippen LogP contribution >= 0.6 is 0 Å². The molecule has 1 heterocycles. The van der Waals surface area contributed by atoms with Crippen molar-refractivity contribution < 1.29 is 8.42 Å². The number of nitrogens with zero attached hydrogens (tertiary/aromatic N) is 1. The number of sulfonamides is 1. The predicted molar refractivity (Wildman–Crippen MR) is 69.2 cm³/mol. The van der Waals surface area contributed by atoms with Crippen molar-refractivity contribution in [3.05, 3.63) is 35.9 Å². The Bertz CT molecular complexity index is 516. The van der Waals surface area contributed by atoms with Crippen molar-refractivity contribution in [2.75, 3.05) is 6.54 Å². The van der Waals surface area contributed by atoms with E-state index in [-0.39, 0.29) is 5.54 Å². The molecule has 0 N–H and O–H groups in total. The number of benzene rings is 1. The summed E-state index contributed by atoms with van der Waals surface area (Å²) in [5.74, 6) is 0. The lowest BCUT2D eigenvalue weighted by Crippen LogP contribution is -2.35. The van der Waals surface area contributed by atoms with Crippen molar-refractivity contribution in [3.8, 4) is 0 Å². The Balaban J connectivity index is 2.33. The predicted octanol–water partition coefficient (Wildman–Crippen LogP) is 2.35. The molecule has 1 saturated heterocycles. The molecule has 0 amide bonds. The minimum Gasteiger partial charge on any atom is -0.212 e. The summed E-state index contributed by atoms with van der Waals surface area (Å²) >= 11 is 0. The van der Waals surface area contributed by atoms with Gasteiger partial charge in [0.1, 0.15) is 0 Å². The van der Waals surface area contributed by atoms with Crippen molar-refractivity contribution in [1.82, 2.24) is 4.31 Å². The third kappa shape index (κ3) is 1.89. The molecule has 2 rings (SSSR count). The number of hydrogen-bond acceptors (Lipinski definition) is 2. The lowest BCUT2D eigenvalue weighted by atomic mass is 10.0. The molecule has 1 aromatic carbocycles. The van der Waals surface area contributed by atoms with Gasteiger partial charge < -0.3 is 0 Å². The van der Waals surface area contributed by atoms with Gasteiger partial charge in [0.15, 0.2) is 0 Å². The van der Waals surface area contributed by atoms with Crippen molar-refractivity contribution in [2.24, 2.45) is 0 Å². The van der Waals surface area contributed by atoms with Gasteiger partial charge in [-0.1, -0.05) is 30.3 Å². The monoisotopic (exact) mass is 253 g/mol. The second kappa shape index (κ2) is 3.56. The Morgan fingerprint density at radius 3 is 2.18 bits per heavy atom. The molecule has 3 nitrogen and oxygen atoms in total. The first kappa shape index (κ1) is 12.6. The highest BCUT2D eigenvalue weighted by atomic mass is 32.2. The molecule has 0 aliphatic carbocycles. The van der Waals surface area contributed by atoms with Crippen LogP contribution in [-0.2, 0) is 15.6 Å². The average Bonchev–Trinajstić information content (AvgIpc) is 2.93. The molecule has 0 spiro atoms. The van der Waals surface area contributed by atoms with Crippen LogP contribution in [0.15, 0.2) is 30.3 Å². The molecule has 0 saturated carbocycles. The largest absolute Gasteiger partial charge is 0.219 e. The fraction of sp³-hybridized carbons (Fsp3) is 0.538. The molecule has 2 atom stereocenters. The molecule has 1 aliphatic rings. The second-order valence-corrected chi connectivity index (χ2v) is 8.38. The van der Waals surface area contributed by atoms with Crippen LogP contribution in [0.2, 0.25) is 0 Å². The Labute approximate surface area is 104 Å². The number of rotatable bonds is 2. The van der Waals surface area contributed by atoms with Gasteiger partial charge in [0.2, 0.25) is 10.0 Å². The molecular formula is C13H19NO2S. The zero-order valence-electron chi connectivity index (χ0n) is 10.8. The summed E-state index contributed by atoms with van der Waals surface area (Å²) in [5.41, 5.74) is 0.709. The van der Waals surface area contributed by atoms with E-state index in [0.29, 0.717) is 6.54 Å². The van der Waals surface area contributed by atoms with E-state index >= 15 is 0 Å². The Morgan fingerprint density at radius 2 is 1.71 bits per heavy atom. The molecule has 0 aromatic heterocycles. The molecule has 1 aliphatic heterocycles. The van der Waals surface area contributed by atoms with Gasteiger partial charge in [-0.3, -0.25) is 0 Å². The summed E-state index contributed by atoms with van der Waals surface area (Å²) in [6.45, 7) is 7.78. The smallest absolute Gasteiger partial charge is 0.212 e. The summed E-state index contributed by atoms with van der Waals surface area (Å²) in [6.07, 6.45) is 0. The molecule has 0 radical (unpaired) electrons. The maximum Gasteiger partial charge on any atom is 0.219 e. The summed E-state index contributed by atoms with van der Waals surface area (Å²) < 4.78 is 25.5. The van der Waals surface area contributed by atoms with Gasteiger partial charge in [-0.05, 0) is 33.3 Å². The van der Waals surface area contributed by atoms with Crippen LogP contribution in [0.5, 0.6) is 0 Å². The summed E-state index contributed by atoms with van der Waals surface area (Å²) in [5, 5.41) is 0. The van der Waals surface area contributed by atoms with E-state index in [9.17, 15) is 8.42 Å². The Morgan fingerprint density at radius 1 is 1.18 bits per heavy atom. The third-order valence-electron chi connectivity index (χ3n) is 3.36. The Kier molecular flexibility index (Phi) is 2.64. The minimum absolute atomic E-state index is 0.354. The summed E-state index contributed by atoms with van der Waals surface area (Å²) in [7, 11) is -3.23. The highest BCUT2D eigenvalue weighted by Gasteiger charge is 2.58. The van der Waals surface area contributed by atoms with E-state index in [0.717, 1.165) is 5.56 Å². The summed E-state index contributed by atoms with van der Waals surface area (Å²) in [4.78, 5) is 0. The molecule has 4 heteroatoms. The lowest BCUT2D eigenvalue weighted by molar-refractivity contribution is 0.492. The normalized spacial score (nSPS) is 29.1. The van der Waals surface area contributed by atoms with Crippen molar-refractivity contribution >= 4 is 10.0 Å². The number of hydrogen-bond donors (Lipinski definition) is 0. The molecule has 17 heavy (non-hydrogen) atoms. The average molecular weight is 253 g/mol. The van der Waals surface area contributed by atoms with E-state index in [1.165, 1.54) is 0 Å². The van der Waals surface area contributed by atoms with Crippen molar-refractivity contribution in [2.45, 2.75) is 38.0 Å². The topological polar surface area (TPSA) is 37.1 Å². The van der Waals surface area contributed by atoms with Gasteiger partial charge in [0, 0.05) is 6.54 Å². The second-order valence-electron chi connectivity index (χ2n) is 5.76. The van der Waals surface area contributed by atoms with Crippen LogP contribution in [0.1, 0.15) is 33.3 Å². The fourth-order valence-corrected chi connectivity index (χ4v) is 3.68. The van der Waals surface area contributed by atoms with Crippen LogP contribution in [0.3, 0.4) is 0 Å². The standard InChI is InChI=1S/C13H19NO2S/c1-12(2,3)17(15,16)14-10-13(14,4)11-8-6-5-7-9-11/h5-9H,10H2,1-4H3. The SMILES string of the molecule is CC1(c2ccccc2)CN1S(=O)(=O)C(C)(C)C. The van der Waals surface area contributed by atoms with E-state index in [1.807, 2.05) is 37.3 Å². The van der Waals surface area contributed by atoms with Gasteiger partial charge in [-0.25, -0.2) is 8.42 Å². The van der Waals surface area contributed by atoms with Gasteiger partial charge >= 0.3 is 0 Å². The zero-order chi connectivity index (χ0) is 12.9. The van der Waals surface area contributed by atoms with Gasteiger partial charge in [0.25, 0.3) is 0 Å². The Hall–Kier alpha value is -0.870. The van der Waals surface area contributed by atoms with Crippen LogP contribution in [0, 0.1) is 0 Å². The van der Waals surface area contributed by atoms with E-state index in [2.05, 4.69) is 0 Å².